The highest BCUT2D eigenvalue weighted by Gasteiger charge is 1.97. The maximum atomic E-state index is 7.31. The van der Waals surface area contributed by atoms with Crippen LogP contribution in [0.5, 0.6) is 0 Å². The summed E-state index contributed by atoms with van der Waals surface area (Å²) in [6.45, 7) is 45.9. The standard InChI is InChI=1S/4C8H11N.C8H10.2C7H10N2.C7H8.C6H9N3/c1-6-4-9-5-7(2)8(6)3;2*1-6-4-7(2)9-8(3)5-6;1-6-4-5-9-8(3)7(6)2;1-2-8-6-4-3-5-7-8;1-5-6(2)8-4-9-7(5)3;1-5-4-6(2)9-7(3)8-5;1-7-5-3-2-4-6-7;1-4-7-5(2)9-6(3)8-4/h4*4-5H,1-3H3;3-7H,2H2,1H3;2*4H,1-3H3;2-6H,1H3;1-3H3/i;;;;;;;2D,3D,4D,5D,6D;. The summed E-state index contributed by atoms with van der Waals surface area (Å²) in [5, 5.41) is 0. The van der Waals surface area contributed by atoms with Crippen molar-refractivity contribution in [3.63, 3.8) is 0 Å². The molecule has 0 unspecified atom stereocenters. The third kappa shape index (κ3) is 30.7. The first-order chi connectivity index (χ1) is 38.8. The van der Waals surface area contributed by atoms with Crippen LogP contribution in [-0.2, 0) is 6.42 Å². The Labute approximate surface area is 477 Å². The van der Waals surface area contributed by atoms with E-state index in [0.29, 0.717) is 5.56 Å². The Balaban J connectivity index is 0.000000468. The molecule has 0 saturated carbocycles. The van der Waals surface area contributed by atoms with Crippen molar-refractivity contribution in [3.05, 3.63) is 252 Å². The maximum absolute atomic E-state index is 7.31. The fourth-order valence-corrected chi connectivity index (χ4v) is 6.98. The fourth-order valence-electron chi connectivity index (χ4n) is 6.98. The molecule has 9 aromatic rings. The molecule has 0 fully saturated rings. The highest BCUT2D eigenvalue weighted by atomic mass is 15.0. The minimum atomic E-state index is -0.337. The highest BCUT2D eigenvalue weighted by molar-refractivity contribution is 5.28. The van der Waals surface area contributed by atoms with E-state index < -0.39 is 0 Å². The van der Waals surface area contributed by atoms with Crippen molar-refractivity contribution in [2.24, 2.45) is 0 Å². The molecule has 78 heavy (non-hydrogen) atoms. The van der Waals surface area contributed by atoms with Crippen LogP contribution in [0.4, 0.5) is 0 Å². The number of aromatic nitrogens is 11. The summed E-state index contributed by atoms with van der Waals surface area (Å²) < 4.78 is 36.3. The number of nitrogens with zero attached hydrogens (tertiary/aromatic N) is 11. The van der Waals surface area contributed by atoms with Crippen LogP contribution in [0.25, 0.3) is 0 Å². The van der Waals surface area contributed by atoms with Crippen molar-refractivity contribution in [2.75, 3.05) is 0 Å². The molecular formula is C67H91N11. The lowest BCUT2D eigenvalue weighted by Crippen LogP contribution is -1.97. The van der Waals surface area contributed by atoms with E-state index >= 15 is 0 Å². The molecule has 0 atom stereocenters. The van der Waals surface area contributed by atoms with E-state index in [9.17, 15) is 0 Å². The molecule has 9 rings (SSSR count). The van der Waals surface area contributed by atoms with Gasteiger partial charge in [-0.25, -0.2) is 34.9 Å². The van der Waals surface area contributed by atoms with Gasteiger partial charge in [-0.15, -0.1) is 0 Å². The van der Waals surface area contributed by atoms with Gasteiger partial charge in [0.05, 0.1) is 6.85 Å². The van der Waals surface area contributed by atoms with Gasteiger partial charge in [0.1, 0.15) is 29.6 Å². The minimum absolute atomic E-state index is 0.124. The van der Waals surface area contributed by atoms with E-state index in [-0.39, 0.29) is 30.2 Å². The fraction of sp³-hybridized carbons (Fsp3) is 0.358. The Morgan fingerprint density at radius 1 is 0.359 bits per heavy atom. The van der Waals surface area contributed by atoms with Crippen LogP contribution in [0.1, 0.15) is 144 Å². The second-order valence-electron chi connectivity index (χ2n) is 19.0. The van der Waals surface area contributed by atoms with Gasteiger partial charge < -0.3 is 0 Å². The second-order valence-corrected chi connectivity index (χ2v) is 19.0. The lowest BCUT2D eigenvalue weighted by Gasteiger charge is -1.99. The Hall–Kier alpha value is -7.79. The van der Waals surface area contributed by atoms with Crippen LogP contribution >= 0.6 is 0 Å². The normalized spacial score (nSPS) is 10.4. The van der Waals surface area contributed by atoms with E-state index in [2.05, 4.69) is 159 Å². The molecule has 0 N–H and O–H groups in total. The van der Waals surface area contributed by atoms with Crippen molar-refractivity contribution < 1.29 is 6.85 Å². The smallest absolute Gasteiger partial charge is 0.129 e. The third-order valence-corrected chi connectivity index (χ3v) is 11.4. The molecule has 0 aliphatic heterocycles. The van der Waals surface area contributed by atoms with E-state index in [1.54, 1.807) is 6.33 Å². The largest absolute Gasteiger partial charge is 0.264 e. The van der Waals surface area contributed by atoms with Gasteiger partial charge in [0.25, 0.3) is 0 Å². The summed E-state index contributed by atoms with van der Waals surface area (Å²) >= 11 is 0. The number of rotatable bonds is 1. The summed E-state index contributed by atoms with van der Waals surface area (Å²) in [5.41, 5.74) is 21.8. The molecule has 0 saturated heterocycles. The SMILES string of the molecule is CCc1ccccc1.Cc1cc(C)nc(C)c1.Cc1cc(C)nc(C)c1.Cc1cc(C)nc(C)n1.Cc1ccnc(C)c1C.Cc1cncc(C)c1C.Cc1nc(C)nc(C)n1.Cc1ncnc(C)c1C.[2H]c1c([2H])c([2H])c(C)c([2H])c1[2H]. The third-order valence-electron chi connectivity index (χ3n) is 11.4. The number of aryl methyl sites for hydroxylation is 19. The van der Waals surface area contributed by atoms with Gasteiger partial charge in [-0.1, -0.05) is 73.0 Å². The van der Waals surface area contributed by atoms with Crippen LogP contribution in [0, 0.1) is 152 Å². The Morgan fingerprint density at radius 2 is 0.744 bits per heavy atom. The van der Waals surface area contributed by atoms with Gasteiger partial charge in [-0.2, -0.15) is 0 Å². The molecule has 2 aromatic carbocycles. The average molecular weight is 1060 g/mol. The van der Waals surface area contributed by atoms with Gasteiger partial charge in [0, 0.05) is 69.8 Å². The van der Waals surface area contributed by atoms with Crippen molar-refractivity contribution >= 4 is 0 Å². The Kier molecular flexibility index (Phi) is 28.3. The molecule has 0 aliphatic carbocycles. The first kappa shape index (κ1) is 59.5. The summed E-state index contributed by atoms with van der Waals surface area (Å²) in [6.07, 6.45) is 8.36. The molecule has 0 spiro atoms. The van der Waals surface area contributed by atoms with Gasteiger partial charge in [0.2, 0.25) is 0 Å². The van der Waals surface area contributed by atoms with Crippen molar-refractivity contribution in [1.29, 1.82) is 0 Å². The summed E-state index contributed by atoms with van der Waals surface area (Å²) in [4.78, 5) is 45.0. The predicted octanol–water partition coefficient (Wildman–Crippen LogP) is 15.9. The van der Waals surface area contributed by atoms with E-state index in [1.165, 1.54) is 57.0 Å². The van der Waals surface area contributed by atoms with Crippen LogP contribution in [-0.4, -0.2) is 54.8 Å². The van der Waals surface area contributed by atoms with Gasteiger partial charge >= 0.3 is 0 Å². The number of hydrogen-bond acceptors (Lipinski definition) is 11. The topological polar surface area (TPSA) is 142 Å². The minimum Gasteiger partial charge on any atom is -0.264 e. The molecule has 0 bridgehead atoms. The highest BCUT2D eigenvalue weighted by Crippen LogP contribution is 2.09. The monoisotopic (exact) mass is 1050 g/mol. The van der Waals surface area contributed by atoms with Crippen molar-refractivity contribution in [3.8, 4) is 0 Å². The number of hydrogen-bond donors (Lipinski definition) is 0. The van der Waals surface area contributed by atoms with Crippen LogP contribution in [0.3, 0.4) is 0 Å². The molecule has 414 valence electrons. The second kappa shape index (κ2) is 37.1. The molecule has 0 amide bonds. The van der Waals surface area contributed by atoms with Gasteiger partial charge in [-0.05, 0) is 245 Å². The zero-order chi connectivity index (χ0) is 63.3. The lowest BCUT2D eigenvalue weighted by molar-refractivity contribution is 0.875. The first-order valence-corrected chi connectivity index (χ1v) is 26.1. The molecule has 0 radical (unpaired) electrons. The van der Waals surface area contributed by atoms with E-state index in [0.717, 1.165) is 81.0 Å². The Bertz CT molecular complexity index is 2760. The Morgan fingerprint density at radius 3 is 1.06 bits per heavy atom. The molecule has 7 aromatic heterocycles. The van der Waals surface area contributed by atoms with Crippen molar-refractivity contribution in [2.45, 2.75) is 166 Å². The zero-order valence-electron chi connectivity index (χ0n) is 56.3. The van der Waals surface area contributed by atoms with Crippen LogP contribution < -0.4 is 0 Å². The van der Waals surface area contributed by atoms with Gasteiger partial charge in [-0.3, -0.25) is 19.9 Å². The van der Waals surface area contributed by atoms with E-state index in [1.807, 2.05) is 134 Å². The van der Waals surface area contributed by atoms with E-state index in [4.69, 9.17) is 6.85 Å². The quantitative estimate of drug-likeness (QED) is 0.155. The number of benzene rings is 2. The zero-order valence-corrected chi connectivity index (χ0v) is 51.3. The molecule has 0 aliphatic rings. The average Bonchev–Trinajstić information content (AvgIpc) is 3.50. The van der Waals surface area contributed by atoms with Crippen LogP contribution in [0.15, 0.2) is 122 Å². The lowest BCUT2D eigenvalue weighted by atomic mass is 10.1. The molecular weight excluding hydrogens is 959 g/mol. The summed E-state index contributed by atoms with van der Waals surface area (Å²) in [6, 6.07) is 21.6. The molecule has 11 heteroatoms. The van der Waals surface area contributed by atoms with Crippen LogP contribution in [0.2, 0.25) is 0 Å². The molecule has 7 heterocycles. The van der Waals surface area contributed by atoms with Gasteiger partial charge in [0.15, 0.2) is 0 Å². The predicted molar refractivity (Wildman–Crippen MR) is 327 cm³/mol. The first-order valence-electron chi connectivity index (χ1n) is 28.6. The summed E-state index contributed by atoms with van der Waals surface area (Å²) in [5.74, 6) is 3.23. The molecule has 11 nitrogen and oxygen atoms in total. The maximum Gasteiger partial charge on any atom is 0.129 e. The summed E-state index contributed by atoms with van der Waals surface area (Å²) in [7, 11) is 0. The van der Waals surface area contributed by atoms with Crippen molar-refractivity contribution in [1.82, 2.24) is 54.8 Å². The number of pyridine rings is 4.